The molecule has 0 spiro atoms. The predicted octanol–water partition coefficient (Wildman–Crippen LogP) is 7.84. The quantitative estimate of drug-likeness (QED) is 0.294. The summed E-state index contributed by atoms with van der Waals surface area (Å²) >= 11 is 0. The molecule has 0 saturated heterocycles. The largest absolute Gasteiger partial charge is 0.378 e. The molecule has 3 rings (SSSR count). The molecule has 0 radical (unpaired) electrons. The highest BCUT2D eigenvalue weighted by Crippen LogP contribution is 2.36. The molecule has 1 fully saturated rings. The highest BCUT2D eigenvalue weighted by Gasteiger charge is 2.23. The normalized spacial score (nSPS) is 19.2. The zero-order valence-corrected chi connectivity index (χ0v) is 17.8. The zero-order chi connectivity index (χ0) is 20.5. The molecule has 0 heterocycles. The minimum Gasteiger partial charge on any atom is -0.378 e. The Hall–Kier alpha value is -1.93. The van der Waals surface area contributed by atoms with Crippen LogP contribution in [0.5, 0.6) is 0 Å². The number of hydrogen-bond donors (Lipinski definition) is 0. The summed E-state index contributed by atoms with van der Waals surface area (Å²) < 4.78 is 20.9. The topological polar surface area (TPSA) is 9.23 Å². The molecule has 2 aromatic carbocycles. The van der Waals surface area contributed by atoms with E-state index in [9.17, 15) is 4.39 Å². The molecule has 29 heavy (non-hydrogen) atoms. The van der Waals surface area contributed by atoms with Crippen LogP contribution in [-0.4, -0.2) is 12.7 Å². The highest BCUT2D eigenvalue weighted by atomic mass is 19.1. The van der Waals surface area contributed by atoms with E-state index in [1.807, 2.05) is 24.3 Å². The Morgan fingerprint density at radius 2 is 1.79 bits per heavy atom. The molecule has 0 N–H and O–H groups in total. The van der Waals surface area contributed by atoms with E-state index in [1.54, 1.807) is 6.07 Å². The Morgan fingerprint density at radius 3 is 2.45 bits per heavy atom. The SMILES string of the molecule is C=CCCc1ccc(-c2ccc(C3CCC(OCCCCC)CC3)cc2F)cc1. The van der Waals surface area contributed by atoms with E-state index in [0.717, 1.165) is 56.3 Å². The van der Waals surface area contributed by atoms with Crippen LogP contribution in [0, 0.1) is 5.82 Å². The van der Waals surface area contributed by atoms with E-state index in [2.05, 4.69) is 31.7 Å². The van der Waals surface area contributed by atoms with Gasteiger partial charge in [-0.05, 0) is 73.6 Å². The molecule has 2 heteroatoms. The van der Waals surface area contributed by atoms with Crippen LogP contribution in [0.4, 0.5) is 4.39 Å². The van der Waals surface area contributed by atoms with Crippen molar-refractivity contribution in [3.05, 3.63) is 72.1 Å². The van der Waals surface area contributed by atoms with Gasteiger partial charge in [-0.1, -0.05) is 62.2 Å². The fourth-order valence-corrected chi connectivity index (χ4v) is 4.30. The van der Waals surface area contributed by atoms with Crippen molar-refractivity contribution in [1.82, 2.24) is 0 Å². The Kier molecular flexibility index (Phi) is 8.49. The van der Waals surface area contributed by atoms with Crippen LogP contribution >= 0.6 is 0 Å². The van der Waals surface area contributed by atoms with Gasteiger partial charge in [-0.2, -0.15) is 0 Å². The first-order valence-corrected chi connectivity index (χ1v) is 11.3. The van der Waals surface area contributed by atoms with E-state index in [1.165, 1.54) is 24.8 Å². The fourth-order valence-electron chi connectivity index (χ4n) is 4.30. The third kappa shape index (κ3) is 6.27. The van der Waals surface area contributed by atoms with Crippen LogP contribution in [0.2, 0.25) is 0 Å². The van der Waals surface area contributed by atoms with Crippen LogP contribution in [0.3, 0.4) is 0 Å². The van der Waals surface area contributed by atoms with Gasteiger partial charge in [0.25, 0.3) is 0 Å². The van der Waals surface area contributed by atoms with Gasteiger partial charge in [0, 0.05) is 12.2 Å². The van der Waals surface area contributed by atoms with Crippen LogP contribution in [0.15, 0.2) is 55.1 Å². The average Bonchev–Trinajstić information content (AvgIpc) is 2.76. The Balaban J connectivity index is 1.56. The summed E-state index contributed by atoms with van der Waals surface area (Å²) in [5, 5.41) is 0. The van der Waals surface area contributed by atoms with Crippen molar-refractivity contribution in [2.75, 3.05) is 6.61 Å². The lowest BCUT2D eigenvalue weighted by atomic mass is 9.82. The van der Waals surface area contributed by atoms with E-state index >= 15 is 0 Å². The number of rotatable bonds is 10. The summed E-state index contributed by atoms with van der Waals surface area (Å²) in [4.78, 5) is 0. The number of ether oxygens (including phenoxy) is 1. The highest BCUT2D eigenvalue weighted by molar-refractivity contribution is 5.65. The first-order valence-electron chi connectivity index (χ1n) is 11.3. The van der Waals surface area contributed by atoms with Crippen LogP contribution in [0.1, 0.15) is 75.3 Å². The van der Waals surface area contributed by atoms with Gasteiger partial charge in [0.2, 0.25) is 0 Å². The maximum absolute atomic E-state index is 14.9. The Bertz CT molecular complexity index is 757. The molecule has 1 aliphatic rings. The van der Waals surface area contributed by atoms with Crippen molar-refractivity contribution in [1.29, 1.82) is 0 Å². The lowest BCUT2D eigenvalue weighted by molar-refractivity contribution is 0.0227. The van der Waals surface area contributed by atoms with Gasteiger partial charge in [0.05, 0.1) is 6.10 Å². The second-order valence-electron chi connectivity index (χ2n) is 8.32. The first-order chi connectivity index (χ1) is 14.2. The summed E-state index contributed by atoms with van der Waals surface area (Å²) in [6.45, 7) is 6.87. The van der Waals surface area contributed by atoms with E-state index < -0.39 is 0 Å². The minimum atomic E-state index is -0.112. The van der Waals surface area contributed by atoms with E-state index in [-0.39, 0.29) is 5.82 Å². The molecular formula is C27H35FO. The summed E-state index contributed by atoms with van der Waals surface area (Å²) in [5.41, 5.74) is 4.04. The van der Waals surface area contributed by atoms with Gasteiger partial charge in [-0.3, -0.25) is 0 Å². The summed E-state index contributed by atoms with van der Waals surface area (Å²) in [6.07, 6.45) is 12.3. The molecular weight excluding hydrogens is 359 g/mol. The molecule has 1 nitrogen and oxygen atoms in total. The molecule has 1 aliphatic carbocycles. The fraction of sp³-hybridized carbons (Fsp3) is 0.481. The van der Waals surface area contributed by atoms with Crippen LogP contribution < -0.4 is 0 Å². The second kappa shape index (κ2) is 11.3. The van der Waals surface area contributed by atoms with Crippen LogP contribution in [-0.2, 0) is 11.2 Å². The first kappa shape index (κ1) is 21.8. The second-order valence-corrected chi connectivity index (χ2v) is 8.32. The average molecular weight is 395 g/mol. The summed E-state index contributed by atoms with van der Waals surface area (Å²) in [6, 6.07) is 14.1. The number of benzene rings is 2. The summed E-state index contributed by atoms with van der Waals surface area (Å²) in [7, 11) is 0. The van der Waals surface area contributed by atoms with Crippen molar-refractivity contribution >= 4 is 0 Å². The van der Waals surface area contributed by atoms with Crippen molar-refractivity contribution in [2.45, 2.75) is 76.7 Å². The van der Waals surface area contributed by atoms with Crippen molar-refractivity contribution in [3.63, 3.8) is 0 Å². The molecule has 2 aromatic rings. The molecule has 156 valence electrons. The number of allylic oxidation sites excluding steroid dienone is 1. The Labute approximate surface area is 176 Å². The number of unbranched alkanes of at least 4 members (excludes halogenated alkanes) is 2. The predicted molar refractivity (Wildman–Crippen MR) is 121 cm³/mol. The smallest absolute Gasteiger partial charge is 0.131 e. The molecule has 0 atom stereocenters. The lowest BCUT2D eigenvalue weighted by Gasteiger charge is -2.29. The maximum atomic E-state index is 14.9. The molecule has 0 aliphatic heterocycles. The number of halogens is 1. The van der Waals surface area contributed by atoms with Gasteiger partial charge in [-0.15, -0.1) is 6.58 Å². The monoisotopic (exact) mass is 394 g/mol. The number of aryl methyl sites for hydroxylation is 1. The molecule has 1 saturated carbocycles. The molecule has 0 unspecified atom stereocenters. The van der Waals surface area contributed by atoms with Gasteiger partial charge < -0.3 is 4.74 Å². The Morgan fingerprint density at radius 1 is 1.03 bits per heavy atom. The van der Waals surface area contributed by atoms with Gasteiger partial charge >= 0.3 is 0 Å². The van der Waals surface area contributed by atoms with Gasteiger partial charge in [-0.25, -0.2) is 4.39 Å². The molecule has 0 bridgehead atoms. The van der Waals surface area contributed by atoms with E-state index in [0.29, 0.717) is 17.6 Å². The third-order valence-electron chi connectivity index (χ3n) is 6.14. The van der Waals surface area contributed by atoms with Crippen molar-refractivity contribution in [2.24, 2.45) is 0 Å². The van der Waals surface area contributed by atoms with Crippen molar-refractivity contribution in [3.8, 4) is 11.1 Å². The standard InChI is InChI=1S/C27H35FO/c1-3-5-7-19-29-25-16-13-22(14-17-25)24-15-18-26(27(28)20-24)23-11-9-21(10-12-23)8-6-4-2/h4,9-12,15,18,20,22,25H,2-3,5-8,13-14,16-17,19H2,1H3. The number of hydrogen-bond acceptors (Lipinski definition) is 1. The van der Waals surface area contributed by atoms with E-state index in [4.69, 9.17) is 4.74 Å². The van der Waals surface area contributed by atoms with Crippen molar-refractivity contribution < 1.29 is 9.13 Å². The zero-order valence-electron chi connectivity index (χ0n) is 17.8. The van der Waals surface area contributed by atoms with Crippen LogP contribution in [0.25, 0.3) is 11.1 Å². The van der Waals surface area contributed by atoms with Gasteiger partial charge in [0.1, 0.15) is 5.82 Å². The molecule has 0 amide bonds. The maximum Gasteiger partial charge on any atom is 0.131 e. The third-order valence-corrected chi connectivity index (χ3v) is 6.14. The minimum absolute atomic E-state index is 0.112. The van der Waals surface area contributed by atoms with Gasteiger partial charge in [0.15, 0.2) is 0 Å². The molecule has 0 aromatic heterocycles. The summed E-state index contributed by atoms with van der Waals surface area (Å²) in [5.74, 6) is 0.342. The lowest BCUT2D eigenvalue weighted by Crippen LogP contribution is -2.21.